The number of phosphoric acid groups is 1. The number of carbonyl (C=O) groups is 2. The molecule has 1 amide bonds. The zero-order valence-corrected chi connectivity index (χ0v) is 47.0. The van der Waals surface area contributed by atoms with E-state index in [9.17, 15) is 33.1 Å². The number of anilines is 3. The van der Waals surface area contributed by atoms with Gasteiger partial charge in [-0.15, -0.1) is 17.1 Å². The van der Waals surface area contributed by atoms with Crippen molar-refractivity contribution in [2.24, 2.45) is 17.4 Å². The van der Waals surface area contributed by atoms with Gasteiger partial charge in [-0.2, -0.15) is 9.67 Å². The fourth-order valence-electron chi connectivity index (χ4n) is 9.74. The van der Waals surface area contributed by atoms with Crippen LogP contribution in [-0.4, -0.2) is 116 Å². The maximum Gasteiger partial charge on any atom is 0.469 e. The second kappa shape index (κ2) is 27.8. The lowest BCUT2D eigenvalue weighted by Crippen LogP contribution is -3.00. The molecule has 3 aromatic heterocycles. The predicted octanol–water partition coefficient (Wildman–Crippen LogP) is 2.30. The highest BCUT2D eigenvalue weighted by Crippen LogP contribution is 2.43. The molecule has 2 aliphatic heterocycles. The van der Waals surface area contributed by atoms with Crippen molar-refractivity contribution in [3.8, 4) is 11.4 Å². The fourth-order valence-corrected chi connectivity index (χ4v) is 10.3. The standard InChI is InChI=1S/C52H65F2N12O11P.2ClH/c1-5-47(35(2)77-78(70,71)72)66-50(68)65(33-59-66)42-13-11-40(12-14-42)61-22-24-62(25-23-61)41-15-17-43(18-16-41)73-28-37-27-52(75-29-37,44-19-10-39(53)26-45(44)54)31-64-34-63(32-58-64)36(3)76-51(69)60(4)48-38(8-7-21-57-48)30-74-49(67)46(56)9-6-20-55;;/h7-8,10-19,21,26,32-37,46-47H,5-6,9,20,22-25,27-31,55-56H2,1-4H3,(H-,70,71,72);2*1H/t35-,36?,37+,46-,47-,52-;;/m0../s1. The molecular weight excluding hydrogens is 1110 g/mol. The van der Waals surface area contributed by atoms with Crippen LogP contribution < -0.4 is 53.6 Å². The van der Waals surface area contributed by atoms with E-state index in [2.05, 4.69) is 25.0 Å². The van der Waals surface area contributed by atoms with E-state index < -0.39 is 67.2 Å². The molecule has 434 valence electrons. The molecule has 80 heavy (non-hydrogen) atoms. The molecule has 8 rings (SSSR count). The van der Waals surface area contributed by atoms with Crippen molar-refractivity contribution in [3.05, 3.63) is 137 Å². The quantitative estimate of drug-likeness (QED) is 0.0407. The molecule has 2 aliphatic rings. The van der Waals surface area contributed by atoms with Crippen molar-refractivity contribution < 1.29 is 73.2 Å². The van der Waals surface area contributed by atoms with Gasteiger partial charge >= 0.3 is 25.6 Å². The average molecular weight is 1180 g/mol. The number of benzene rings is 3. The van der Waals surface area contributed by atoms with Crippen LogP contribution in [0, 0.1) is 17.6 Å². The number of carbonyl (C=O) groups excluding carboxylic acids is 2. The van der Waals surface area contributed by atoms with Crippen molar-refractivity contribution in [2.45, 2.75) is 89.6 Å². The first kappa shape index (κ1) is 62.7. The molecule has 0 saturated carbocycles. The van der Waals surface area contributed by atoms with Gasteiger partial charge in [0, 0.05) is 85.9 Å². The summed E-state index contributed by atoms with van der Waals surface area (Å²) < 4.78 is 75.7. The highest BCUT2D eigenvalue weighted by atomic mass is 35.5. The van der Waals surface area contributed by atoms with Crippen molar-refractivity contribution in [1.82, 2.24) is 29.1 Å². The summed E-state index contributed by atoms with van der Waals surface area (Å²) in [6, 6.07) is 20.6. The highest BCUT2D eigenvalue weighted by molar-refractivity contribution is 7.46. The summed E-state index contributed by atoms with van der Waals surface area (Å²) in [7, 11) is -3.29. The number of aromatic nitrogens is 7. The molecule has 2 fully saturated rings. The summed E-state index contributed by atoms with van der Waals surface area (Å²) in [6.45, 7) is 8.65. The minimum atomic E-state index is -4.76. The number of esters is 1. The van der Waals surface area contributed by atoms with E-state index >= 15 is 4.39 Å². The number of hydrogen-bond donors (Lipinski definition) is 4. The zero-order valence-electron chi connectivity index (χ0n) is 44.6. The average Bonchev–Trinajstić information content (AvgIpc) is 4.20. The molecule has 23 nitrogen and oxygen atoms in total. The van der Waals surface area contributed by atoms with E-state index in [1.165, 1.54) is 59.1 Å². The maximum atomic E-state index is 15.7. The summed E-state index contributed by atoms with van der Waals surface area (Å²) >= 11 is 0. The van der Waals surface area contributed by atoms with Gasteiger partial charge < -0.3 is 62.4 Å². The van der Waals surface area contributed by atoms with Crippen LogP contribution in [0.5, 0.6) is 5.75 Å². The number of halogens is 4. The van der Waals surface area contributed by atoms with Crippen LogP contribution in [0.25, 0.3) is 5.69 Å². The molecule has 0 spiro atoms. The molecule has 3 aromatic carbocycles. The van der Waals surface area contributed by atoms with Gasteiger partial charge in [-0.05, 0) is 99.8 Å². The molecular formula is C52H67Cl2F2N12O11P. The first-order valence-corrected chi connectivity index (χ1v) is 27.1. The lowest BCUT2D eigenvalue weighted by molar-refractivity contribution is -0.753. The molecule has 6 N–H and O–H groups in total. The molecule has 1 unspecified atom stereocenters. The van der Waals surface area contributed by atoms with Crippen molar-refractivity contribution >= 4 is 49.5 Å². The van der Waals surface area contributed by atoms with Gasteiger partial charge in [0.15, 0.2) is 0 Å². The van der Waals surface area contributed by atoms with Gasteiger partial charge in [0.05, 0.1) is 31.0 Å². The Labute approximate surface area is 473 Å². The van der Waals surface area contributed by atoms with Gasteiger partial charge in [-0.1, -0.05) is 19.1 Å². The summed E-state index contributed by atoms with van der Waals surface area (Å²) in [4.78, 5) is 67.8. The van der Waals surface area contributed by atoms with Crippen molar-refractivity contribution in [1.29, 1.82) is 0 Å². The molecule has 0 bridgehead atoms. The number of nitrogens with zero attached hydrogens (tertiary/aromatic N) is 10. The molecule has 0 aliphatic carbocycles. The zero-order chi connectivity index (χ0) is 55.7. The number of pyridine rings is 1. The van der Waals surface area contributed by atoms with Crippen LogP contribution in [0.4, 0.5) is 30.8 Å². The SMILES string of the molecule is CC[C@@H]([C@H](C)OP(=O)(O)O)n1ncn(-c2ccc(N3CCN(c4ccc(OC[C@@H]5CO[C@@](Cn6c[n+](C(C)OC(=O)N(C)c7ncccc7COC(=O)[C@@H](N)CCCN)cn6)(c6ccc(F)cc6F)C5)cc4)CC3)cc2)c1=O.Cl.[Cl-]. The summed E-state index contributed by atoms with van der Waals surface area (Å²) in [5.74, 6) is -1.41. The molecule has 6 aromatic rings. The number of rotatable bonds is 23. The van der Waals surface area contributed by atoms with Gasteiger partial charge in [0.25, 0.3) is 6.33 Å². The van der Waals surface area contributed by atoms with Crippen LogP contribution in [0.2, 0.25) is 0 Å². The van der Waals surface area contributed by atoms with Crippen molar-refractivity contribution in [3.63, 3.8) is 0 Å². The Bertz CT molecular complexity index is 3110. The van der Waals surface area contributed by atoms with E-state index in [0.29, 0.717) is 49.2 Å². The normalized spacial score (nSPS) is 17.9. The number of phosphoric ester groups is 1. The van der Waals surface area contributed by atoms with Crippen LogP contribution in [0.3, 0.4) is 0 Å². The molecule has 6 atom stereocenters. The van der Waals surface area contributed by atoms with E-state index in [1.807, 2.05) is 48.5 Å². The number of amides is 1. The van der Waals surface area contributed by atoms with Gasteiger partial charge in [-0.3, -0.25) is 14.2 Å². The van der Waals surface area contributed by atoms with Crippen LogP contribution in [0.1, 0.15) is 69.9 Å². The van der Waals surface area contributed by atoms with Gasteiger partial charge in [-0.25, -0.2) is 37.2 Å². The van der Waals surface area contributed by atoms with Crippen molar-refractivity contribution in [2.75, 3.05) is 67.7 Å². The summed E-state index contributed by atoms with van der Waals surface area (Å²) in [5.41, 5.74) is 13.0. The van der Waals surface area contributed by atoms with Crippen LogP contribution in [-0.2, 0) is 46.8 Å². The van der Waals surface area contributed by atoms with Gasteiger partial charge in [0.1, 0.15) is 54.3 Å². The van der Waals surface area contributed by atoms with Gasteiger partial charge in [0.2, 0.25) is 12.6 Å². The number of hydrogen-bond acceptors (Lipinski definition) is 16. The number of nitrogens with two attached hydrogens (primary N) is 2. The maximum absolute atomic E-state index is 15.7. The highest BCUT2D eigenvalue weighted by Gasteiger charge is 2.46. The second-order valence-electron chi connectivity index (χ2n) is 19.4. The van der Waals surface area contributed by atoms with E-state index in [4.69, 9.17) is 34.9 Å². The molecule has 28 heteroatoms. The predicted molar refractivity (Wildman–Crippen MR) is 288 cm³/mol. The Morgan fingerprint density at radius 3 is 2.29 bits per heavy atom. The molecule has 0 radical (unpaired) electrons. The monoisotopic (exact) mass is 1170 g/mol. The molecule has 2 saturated heterocycles. The first-order chi connectivity index (χ1) is 37.3. The minimum absolute atomic E-state index is 0. The Kier molecular flexibility index (Phi) is 21.7. The Morgan fingerprint density at radius 1 is 0.988 bits per heavy atom. The van der Waals surface area contributed by atoms with E-state index in [0.717, 1.165) is 43.6 Å². The third-order valence-corrected chi connectivity index (χ3v) is 14.5. The lowest BCUT2D eigenvalue weighted by Gasteiger charge is -2.37. The van der Waals surface area contributed by atoms with Crippen LogP contribution >= 0.6 is 20.2 Å². The third-order valence-electron chi connectivity index (χ3n) is 13.9. The minimum Gasteiger partial charge on any atom is -1.00 e. The largest absolute Gasteiger partial charge is 1.00 e. The molecule has 5 heterocycles. The fraction of sp³-hybridized carbons (Fsp3) is 0.442. The number of ether oxygens (including phenoxy) is 4. The Balaban J connectivity index is 0.00000516. The topological polar surface area (TPSA) is 274 Å². The van der Waals surface area contributed by atoms with Crippen LogP contribution in [0.15, 0.2) is 109 Å². The number of piperazine rings is 1. The Morgan fingerprint density at radius 2 is 1.65 bits per heavy atom. The third kappa shape index (κ3) is 15.3. The summed E-state index contributed by atoms with van der Waals surface area (Å²) in [5, 5.41) is 8.71. The van der Waals surface area contributed by atoms with E-state index in [1.54, 1.807) is 41.6 Å². The van der Waals surface area contributed by atoms with E-state index in [-0.39, 0.29) is 68.5 Å². The summed E-state index contributed by atoms with van der Waals surface area (Å²) in [6.07, 6.45) is 4.98. The second-order valence-corrected chi connectivity index (χ2v) is 20.6. The first-order valence-electron chi connectivity index (χ1n) is 25.6. The Hall–Kier alpha value is -6.54. The smallest absolute Gasteiger partial charge is 0.469 e. The lowest BCUT2D eigenvalue weighted by atomic mass is 9.87.